The fourth-order valence-electron chi connectivity index (χ4n) is 3.28. The molecule has 3 aromatic rings. The van der Waals surface area contributed by atoms with Crippen molar-refractivity contribution in [3.05, 3.63) is 76.1 Å². The molecule has 1 aliphatic rings. The lowest BCUT2D eigenvalue weighted by Gasteiger charge is -2.16. The Morgan fingerprint density at radius 3 is 2.23 bits per heavy atom. The maximum absolute atomic E-state index is 12.7. The zero-order valence-electron chi connectivity index (χ0n) is 15.0. The van der Waals surface area contributed by atoms with Gasteiger partial charge in [0.25, 0.3) is 17.4 Å². The van der Waals surface area contributed by atoms with Crippen LogP contribution in [0.4, 0.5) is 19.0 Å². The Balaban J connectivity index is 1.85. The molecule has 2 aromatic carbocycles. The van der Waals surface area contributed by atoms with Crippen molar-refractivity contribution in [1.82, 2.24) is 9.88 Å². The lowest BCUT2D eigenvalue weighted by molar-refractivity contribution is -0.274. The quantitative estimate of drug-likeness (QED) is 0.641. The Morgan fingerprint density at radius 1 is 0.900 bits per heavy atom. The molecule has 1 aliphatic heterocycles. The molecule has 0 saturated heterocycles. The van der Waals surface area contributed by atoms with Gasteiger partial charge in [0, 0.05) is 11.6 Å². The van der Waals surface area contributed by atoms with E-state index in [4.69, 9.17) is 5.73 Å². The molecule has 0 saturated carbocycles. The van der Waals surface area contributed by atoms with Crippen LogP contribution in [0, 0.1) is 0 Å². The highest BCUT2D eigenvalue weighted by atomic mass is 19.4. The first kappa shape index (κ1) is 19.2. The summed E-state index contributed by atoms with van der Waals surface area (Å²) in [4.78, 5) is 36.6. The summed E-state index contributed by atoms with van der Waals surface area (Å²) in [6.45, 7) is 0. The lowest BCUT2D eigenvalue weighted by atomic mass is 10.0. The fraction of sp³-hybridized carbons (Fsp3) is 0.0500. The van der Waals surface area contributed by atoms with Gasteiger partial charge in [-0.05, 0) is 23.8 Å². The maximum atomic E-state index is 12.7. The molecule has 0 aliphatic carbocycles. The predicted molar refractivity (Wildman–Crippen MR) is 100 cm³/mol. The van der Waals surface area contributed by atoms with E-state index in [1.165, 1.54) is 12.1 Å². The smallest absolute Gasteiger partial charge is 0.406 e. The van der Waals surface area contributed by atoms with Crippen LogP contribution in [0.5, 0.6) is 5.75 Å². The van der Waals surface area contributed by atoms with Gasteiger partial charge in [-0.1, -0.05) is 30.3 Å². The van der Waals surface area contributed by atoms with E-state index in [2.05, 4.69) is 10.1 Å². The van der Waals surface area contributed by atoms with Crippen LogP contribution in [0.15, 0.2) is 59.4 Å². The number of hydrogen-bond donors (Lipinski definition) is 2. The first-order valence-corrected chi connectivity index (χ1v) is 8.52. The number of benzene rings is 2. The van der Waals surface area contributed by atoms with E-state index in [0.717, 1.165) is 22.8 Å². The second-order valence-electron chi connectivity index (χ2n) is 6.36. The van der Waals surface area contributed by atoms with Crippen molar-refractivity contribution in [2.24, 2.45) is 0 Å². The molecule has 2 amide bonds. The number of rotatable bonds is 3. The summed E-state index contributed by atoms with van der Waals surface area (Å²) in [5.74, 6) is -2.04. The van der Waals surface area contributed by atoms with Gasteiger partial charge in [0.15, 0.2) is 0 Å². The lowest BCUT2D eigenvalue weighted by Crippen LogP contribution is -2.24. The van der Waals surface area contributed by atoms with E-state index in [1.54, 1.807) is 24.3 Å². The van der Waals surface area contributed by atoms with Crippen molar-refractivity contribution in [3.8, 4) is 22.6 Å². The van der Waals surface area contributed by atoms with Crippen LogP contribution in [0.3, 0.4) is 0 Å². The number of imide groups is 1. The number of nitrogens with zero attached hydrogens (tertiary/aromatic N) is 1. The molecule has 152 valence electrons. The van der Waals surface area contributed by atoms with E-state index in [-0.39, 0.29) is 16.9 Å². The number of fused-ring (bicyclic) bond motifs is 1. The minimum absolute atomic E-state index is 0.107. The van der Waals surface area contributed by atoms with Gasteiger partial charge in [0.2, 0.25) is 0 Å². The number of nitrogen functional groups attached to an aromatic ring is 1. The summed E-state index contributed by atoms with van der Waals surface area (Å²) >= 11 is 0. The first-order valence-electron chi connectivity index (χ1n) is 8.52. The van der Waals surface area contributed by atoms with Crippen LogP contribution in [-0.2, 0) is 0 Å². The van der Waals surface area contributed by atoms with Crippen molar-refractivity contribution in [2.75, 3.05) is 5.73 Å². The number of halogens is 3. The Morgan fingerprint density at radius 2 is 1.57 bits per heavy atom. The van der Waals surface area contributed by atoms with Crippen LogP contribution in [-0.4, -0.2) is 22.7 Å². The van der Waals surface area contributed by atoms with Gasteiger partial charge in [-0.2, -0.15) is 0 Å². The number of ether oxygens (including phenoxy) is 1. The highest BCUT2D eigenvalue weighted by Crippen LogP contribution is 2.32. The third-order valence-electron chi connectivity index (χ3n) is 4.50. The molecule has 3 N–H and O–H groups in total. The molecular formula is C20H12F3N3O4. The summed E-state index contributed by atoms with van der Waals surface area (Å²) in [7, 11) is 0. The van der Waals surface area contributed by atoms with Gasteiger partial charge < -0.3 is 10.5 Å². The number of carbonyl (C=O) groups is 2. The van der Waals surface area contributed by atoms with Crippen LogP contribution in [0.2, 0.25) is 0 Å². The molecule has 0 fully saturated rings. The monoisotopic (exact) mass is 415 g/mol. The van der Waals surface area contributed by atoms with E-state index >= 15 is 0 Å². The van der Waals surface area contributed by atoms with Gasteiger partial charge in [-0.3, -0.25) is 24.3 Å². The SMILES string of the molecule is Nc1c2c(cc(=O)n1-c1ccccc1-c1ccc(OC(F)(F)F)cc1)C(=O)NC2=O. The summed E-state index contributed by atoms with van der Waals surface area (Å²) in [5, 5.41) is 2.08. The minimum Gasteiger partial charge on any atom is -0.406 e. The summed E-state index contributed by atoms with van der Waals surface area (Å²) in [6.07, 6.45) is -4.82. The van der Waals surface area contributed by atoms with Crippen molar-refractivity contribution >= 4 is 17.6 Å². The molecule has 0 unspecified atom stereocenters. The van der Waals surface area contributed by atoms with Crippen molar-refractivity contribution < 1.29 is 27.5 Å². The average Bonchev–Trinajstić information content (AvgIpc) is 2.95. The number of alkyl halides is 3. The number of aromatic nitrogens is 1. The molecule has 0 atom stereocenters. The van der Waals surface area contributed by atoms with E-state index in [9.17, 15) is 27.6 Å². The van der Waals surface area contributed by atoms with Crippen LogP contribution in [0.25, 0.3) is 16.8 Å². The molecule has 0 bridgehead atoms. The van der Waals surface area contributed by atoms with Gasteiger partial charge in [0.1, 0.15) is 11.6 Å². The largest absolute Gasteiger partial charge is 0.573 e. The molecule has 30 heavy (non-hydrogen) atoms. The molecule has 1 aromatic heterocycles. The van der Waals surface area contributed by atoms with Crippen molar-refractivity contribution in [2.45, 2.75) is 6.36 Å². The number of amides is 2. The molecule has 7 nitrogen and oxygen atoms in total. The standard InChI is InChI=1S/C20H12F3N3O4/c21-20(22,23)30-11-7-5-10(6-8-11)12-3-1-2-4-14(12)26-15(27)9-13-16(17(26)24)19(29)25-18(13)28/h1-9H,24H2,(H,25,28,29). The number of nitrogens with one attached hydrogen (secondary N) is 1. The topological polar surface area (TPSA) is 103 Å². The fourth-order valence-corrected chi connectivity index (χ4v) is 3.28. The molecule has 0 radical (unpaired) electrons. The van der Waals surface area contributed by atoms with Gasteiger partial charge in [-0.25, -0.2) is 0 Å². The Labute approximate surface area is 166 Å². The number of carbonyl (C=O) groups excluding carboxylic acids is 2. The molecule has 0 spiro atoms. The Kier molecular flexibility index (Phi) is 4.34. The Bertz CT molecular complexity index is 1250. The second-order valence-corrected chi connectivity index (χ2v) is 6.36. The van der Waals surface area contributed by atoms with Crippen LogP contribution < -0.4 is 21.3 Å². The van der Waals surface area contributed by atoms with E-state index < -0.39 is 29.5 Å². The zero-order chi connectivity index (χ0) is 21.6. The summed E-state index contributed by atoms with van der Waals surface area (Å²) in [6, 6.07) is 12.6. The number of nitrogens with two attached hydrogens (primary N) is 1. The molecule has 10 heteroatoms. The van der Waals surface area contributed by atoms with E-state index in [0.29, 0.717) is 16.8 Å². The highest BCUT2D eigenvalue weighted by molar-refractivity contribution is 6.23. The minimum atomic E-state index is -4.82. The molecule has 2 heterocycles. The Hall–Kier alpha value is -4.08. The second kappa shape index (κ2) is 6.76. The third-order valence-corrected chi connectivity index (χ3v) is 4.50. The molecule has 4 rings (SSSR count). The number of pyridine rings is 1. The van der Waals surface area contributed by atoms with Crippen LogP contribution >= 0.6 is 0 Å². The first-order chi connectivity index (χ1) is 14.2. The third kappa shape index (κ3) is 3.28. The zero-order valence-corrected chi connectivity index (χ0v) is 15.0. The number of hydrogen-bond acceptors (Lipinski definition) is 5. The number of para-hydroxylation sites is 1. The van der Waals surface area contributed by atoms with E-state index in [1.807, 2.05) is 0 Å². The summed E-state index contributed by atoms with van der Waals surface area (Å²) < 4.78 is 42.1. The maximum Gasteiger partial charge on any atom is 0.573 e. The highest BCUT2D eigenvalue weighted by Gasteiger charge is 2.32. The van der Waals surface area contributed by atoms with Crippen molar-refractivity contribution in [1.29, 1.82) is 0 Å². The van der Waals surface area contributed by atoms with Gasteiger partial charge in [0.05, 0.1) is 16.8 Å². The van der Waals surface area contributed by atoms with Gasteiger partial charge in [-0.15, -0.1) is 13.2 Å². The molecular weight excluding hydrogens is 403 g/mol. The number of anilines is 1. The van der Waals surface area contributed by atoms with Crippen LogP contribution in [0.1, 0.15) is 20.7 Å². The average molecular weight is 415 g/mol. The predicted octanol–water partition coefficient (Wildman–Crippen LogP) is 2.87. The normalized spacial score (nSPS) is 13.2. The summed E-state index contributed by atoms with van der Waals surface area (Å²) in [5.41, 5.74) is 6.45. The van der Waals surface area contributed by atoms with Gasteiger partial charge >= 0.3 is 6.36 Å². The van der Waals surface area contributed by atoms with Crippen molar-refractivity contribution in [3.63, 3.8) is 0 Å².